The highest BCUT2D eigenvalue weighted by atomic mass is 32.1. The molecule has 0 saturated heterocycles. The van der Waals surface area contributed by atoms with Gasteiger partial charge in [-0.25, -0.2) is 10.4 Å². The van der Waals surface area contributed by atoms with Gasteiger partial charge in [-0.3, -0.25) is 0 Å². The number of hydrogen-bond acceptors (Lipinski definition) is 8. The van der Waals surface area contributed by atoms with Crippen molar-refractivity contribution in [2.24, 2.45) is 5.10 Å². The van der Waals surface area contributed by atoms with Gasteiger partial charge in [-0.1, -0.05) is 42.5 Å². The first-order valence-corrected chi connectivity index (χ1v) is 8.91. The highest BCUT2D eigenvalue weighted by Gasteiger charge is 2.11. The second-order valence-corrected chi connectivity index (χ2v) is 6.74. The quantitative estimate of drug-likeness (QED) is 0.435. The summed E-state index contributed by atoms with van der Waals surface area (Å²) in [5.74, 6) is 0.627. The fraction of sp³-hybridized carbons (Fsp3) is 0. The molecule has 0 aliphatic heterocycles. The number of fused-ring (bicyclic) bond motifs is 1. The third kappa shape index (κ3) is 3.24. The topological polar surface area (TPSA) is 86.9 Å². The molecule has 2 heterocycles. The maximum absolute atomic E-state index is 9.38. The van der Waals surface area contributed by atoms with E-state index < -0.39 is 0 Å². The number of hydrazone groups is 1. The Morgan fingerprint density at radius 3 is 2.64 bits per heavy atom. The monoisotopic (exact) mass is 362 g/mol. The van der Waals surface area contributed by atoms with Crippen molar-refractivity contribution in [3.05, 3.63) is 59.6 Å². The Morgan fingerprint density at radius 1 is 1.04 bits per heavy atom. The first-order valence-electron chi connectivity index (χ1n) is 7.32. The molecule has 0 bridgehead atoms. The summed E-state index contributed by atoms with van der Waals surface area (Å²) >= 11 is 2.62. The molecule has 2 aromatic heterocycles. The van der Waals surface area contributed by atoms with E-state index >= 15 is 0 Å². The minimum absolute atomic E-state index is 0.220. The normalized spacial score (nSPS) is 11.4. The zero-order chi connectivity index (χ0) is 17.1. The molecule has 4 aromatic rings. The van der Waals surface area contributed by atoms with Gasteiger partial charge in [0.15, 0.2) is 16.5 Å². The number of aromatic nitrogens is 3. The fourth-order valence-corrected chi connectivity index (χ4v) is 3.61. The van der Waals surface area contributed by atoms with E-state index in [1.165, 1.54) is 22.9 Å². The maximum Gasteiger partial charge on any atom is 0.223 e. The molecular formula is C17H10N6S2. The van der Waals surface area contributed by atoms with Gasteiger partial charge in [-0.15, -0.1) is 11.3 Å². The van der Waals surface area contributed by atoms with Crippen LogP contribution in [0.15, 0.2) is 59.7 Å². The lowest BCUT2D eigenvalue weighted by atomic mass is 10.2. The van der Waals surface area contributed by atoms with Crippen molar-refractivity contribution in [1.82, 2.24) is 14.3 Å². The summed E-state index contributed by atoms with van der Waals surface area (Å²) in [5, 5.41) is 14.6. The van der Waals surface area contributed by atoms with Gasteiger partial charge in [-0.05, 0) is 12.1 Å². The molecule has 6 nitrogen and oxygen atoms in total. The van der Waals surface area contributed by atoms with Crippen LogP contribution >= 0.6 is 22.9 Å². The zero-order valence-corrected chi connectivity index (χ0v) is 14.4. The Bertz CT molecular complexity index is 1060. The van der Waals surface area contributed by atoms with Crippen molar-refractivity contribution in [3.8, 4) is 17.5 Å². The molecule has 0 saturated carbocycles. The third-order valence-corrected chi connectivity index (χ3v) is 4.99. The molecule has 25 heavy (non-hydrogen) atoms. The Balaban J connectivity index is 1.57. The number of rotatable bonds is 4. The molecule has 0 spiro atoms. The molecule has 0 atom stereocenters. The smallest absolute Gasteiger partial charge is 0.223 e. The SMILES string of the molecule is N#C/C(=N\Nc1nc(-c2ccccc2)ns1)c1nc2ccccc2s1. The number of nitrogens with one attached hydrogen (secondary N) is 1. The zero-order valence-electron chi connectivity index (χ0n) is 12.7. The van der Waals surface area contributed by atoms with Crippen LogP contribution in [0.5, 0.6) is 0 Å². The van der Waals surface area contributed by atoms with Crippen LogP contribution in [0, 0.1) is 11.3 Å². The molecule has 0 fully saturated rings. The number of nitrogens with zero attached hydrogens (tertiary/aromatic N) is 5. The molecule has 0 radical (unpaired) electrons. The summed E-state index contributed by atoms with van der Waals surface area (Å²) in [7, 11) is 0. The second-order valence-electron chi connectivity index (χ2n) is 4.96. The lowest BCUT2D eigenvalue weighted by molar-refractivity contribution is 1.25. The van der Waals surface area contributed by atoms with Gasteiger partial charge in [0, 0.05) is 17.1 Å². The minimum Gasteiger partial charge on any atom is -0.250 e. The van der Waals surface area contributed by atoms with E-state index in [1.807, 2.05) is 54.6 Å². The molecular weight excluding hydrogens is 352 g/mol. The lowest BCUT2D eigenvalue weighted by Crippen LogP contribution is -2.01. The highest BCUT2D eigenvalue weighted by Crippen LogP contribution is 2.23. The Kier molecular flexibility index (Phi) is 4.16. The van der Waals surface area contributed by atoms with Gasteiger partial charge < -0.3 is 0 Å². The van der Waals surface area contributed by atoms with Crippen LogP contribution in [-0.4, -0.2) is 20.1 Å². The Morgan fingerprint density at radius 2 is 1.84 bits per heavy atom. The first kappa shape index (κ1) is 15.4. The molecule has 120 valence electrons. The number of hydrogen-bond donors (Lipinski definition) is 1. The summed E-state index contributed by atoms with van der Waals surface area (Å²) in [4.78, 5) is 8.83. The average Bonchev–Trinajstić information content (AvgIpc) is 3.30. The van der Waals surface area contributed by atoms with Crippen LogP contribution in [-0.2, 0) is 0 Å². The Labute approximate surface area is 151 Å². The van der Waals surface area contributed by atoms with Gasteiger partial charge in [0.05, 0.1) is 10.2 Å². The van der Waals surface area contributed by atoms with Crippen LogP contribution in [0.25, 0.3) is 21.6 Å². The molecule has 0 unspecified atom stereocenters. The molecule has 8 heteroatoms. The summed E-state index contributed by atoms with van der Waals surface area (Å²) in [6.45, 7) is 0. The predicted molar refractivity (Wildman–Crippen MR) is 101 cm³/mol. The Hall–Kier alpha value is -3.15. The second kappa shape index (κ2) is 6.76. The largest absolute Gasteiger partial charge is 0.250 e. The molecule has 0 aliphatic carbocycles. The minimum atomic E-state index is 0.220. The number of thiazole rings is 1. The van der Waals surface area contributed by atoms with Gasteiger partial charge in [-0.2, -0.15) is 19.7 Å². The standard InChI is InChI=1S/C17H10N6S2/c18-10-13(16-19-12-8-4-5-9-14(12)24-16)21-22-17-20-15(23-25-17)11-6-2-1-3-7-11/h1-9H,(H,20,22,23)/b21-13+. The van der Waals surface area contributed by atoms with E-state index in [0.717, 1.165) is 15.8 Å². The van der Waals surface area contributed by atoms with Gasteiger partial charge in [0.1, 0.15) is 6.07 Å². The van der Waals surface area contributed by atoms with Crippen molar-refractivity contribution >= 4 is 43.9 Å². The summed E-state index contributed by atoms with van der Waals surface area (Å²) in [6, 6.07) is 19.5. The molecule has 1 N–H and O–H groups in total. The van der Waals surface area contributed by atoms with E-state index in [9.17, 15) is 5.26 Å². The van der Waals surface area contributed by atoms with E-state index in [0.29, 0.717) is 16.0 Å². The maximum atomic E-state index is 9.38. The number of nitriles is 1. The summed E-state index contributed by atoms with van der Waals surface area (Å²) in [6.07, 6.45) is 0. The molecule has 0 amide bonds. The van der Waals surface area contributed by atoms with Crippen LogP contribution in [0.1, 0.15) is 5.01 Å². The number of benzene rings is 2. The third-order valence-electron chi connectivity index (χ3n) is 3.32. The van der Waals surface area contributed by atoms with E-state index in [4.69, 9.17) is 0 Å². The molecule has 2 aromatic carbocycles. The highest BCUT2D eigenvalue weighted by molar-refractivity contribution is 7.20. The van der Waals surface area contributed by atoms with Crippen LogP contribution in [0.3, 0.4) is 0 Å². The number of para-hydroxylation sites is 1. The van der Waals surface area contributed by atoms with Crippen LogP contribution in [0.2, 0.25) is 0 Å². The van der Waals surface area contributed by atoms with Crippen molar-refractivity contribution < 1.29 is 0 Å². The summed E-state index contributed by atoms with van der Waals surface area (Å²) in [5.41, 5.74) is 4.81. The van der Waals surface area contributed by atoms with Crippen LogP contribution in [0.4, 0.5) is 5.13 Å². The van der Waals surface area contributed by atoms with Gasteiger partial charge in [0.25, 0.3) is 0 Å². The predicted octanol–water partition coefficient (Wildman–Crippen LogP) is 4.15. The van der Waals surface area contributed by atoms with E-state index in [-0.39, 0.29) is 5.71 Å². The molecule has 0 aliphatic rings. The van der Waals surface area contributed by atoms with Crippen molar-refractivity contribution in [1.29, 1.82) is 5.26 Å². The van der Waals surface area contributed by atoms with Crippen molar-refractivity contribution in [2.75, 3.05) is 5.43 Å². The van der Waals surface area contributed by atoms with Crippen molar-refractivity contribution in [3.63, 3.8) is 0 Å². The van der Waals surface area contributed by atoms with E-state index in [2.05, 4.69) is 30.9 Å². The first-order chi connectivity index (χ1) is 12.3. The van der Waals surface area contributed by atoms with Crippen LogP contribution < -0.4 is 5.43 Å². The summed E-state index contributed by atoms with van der Waals surface area (Å²) < 4.78 is 5.32. The number of anilines is 1. The van der Waals surface area contributed by atoms with E-state index in [1.54, 1.807) is 0 Å². The average molecular weight is 362 g/mol. The van der Waals surface area contributed by atoms with Gasteiger partial charge >= 0.3 is 0 Å². The fourth-order valence-electron chi connectivity index (χ4n) is 2.17. The molecule has 4 rings (SSSR count). The van der Waals surface area contributed by atoms with Gasteiger partial charge in [0.2, 0.25) is 5.13 Å². The van der Waals surface area contributed by atoms with Crippen molar-refractivity contribution in [2.45, 2.75) is 0 Å². The lowest BCUT2D eigenvalue weighted by Gasteiger charge is -1.94.